The number of nitrogens with one attached hydrogen (secondary N) is 1. The Labute approximate surface area is 241 Å². The van der Waals surface area contributed by atoms with Crippen molar-refractivity contribution < 1.29 is 27.1 Å². The van der Waals surface area contributed by atoms with E-state index in [9.17, 15) is 22.4 Å². The van der Waals surface area contributed by atoms with Gasteiger partial charge in [-0.15, -0.1) is 0 Å². The molecule has 0 aliphatic heterocycles. The fourth-order valence-electron chi connectivity index (χ4n) is 5.07. The molecule has 1 unspecified atom stereocenters. The molecule has 1 saturated carbocycles. The molecule has 2 amide bonds. The van der Waals surface area contributed by atoms with Crippen LogP contribution >= 0.6 is 0 Å². The third-order valence-corrected chi connectivity index (χ3v) is 8.42. The van der Waals surface area contributed by atoms with Gasteiger partial charge in [-0.1, -0.05) is 55.3 Å². The Bertz CT molecular complexity index is 1410. The van der Waals surface area contributed by atoms with E-state index in [1.54, 1.807) is 36.4 Å². The normalized spacial score (nSPS) is 14.3. The predicted octanol–water partition coefficient (Wildman–Crippen LogP) is 4.30. The number of benzene rings is 3. The van der Waals surface area contributed by atoms with Gasteiger partial charge in [-0.3, -0.25) is 13.9 Å². The molecule has 0 spiro atoms. The SMILES string of the molecule is COc1ccc(N(CC(=O)N(Cc2ccc(F)cc2)C(Cc2ccccc2)C(=O)NC2CCCC2)S(C)(=O)=O)cc1. The maximum atomic E-state index is 14.1. The molecule has 0 heterocycles. The van der Waals surface area contributed by atoms with Crippen LogP contribution in [-0.4, -0.2) is 57.1 Å². The molecule has 0 aromatic heterocycles. The number of halogens is 1. The van der Waals surface area contributed by atoms with Crippen molar-refractivity contribution in [3.8, 4) is 5.75 Å². The Morgan fingerprint density at radius 3 is 2.17 bits per heavy atom. The van der Waals surface area contributed by atoms with Crippen LogP contribution in [0.4, 0.5) is 10.1 Å². The van der Waals surface area contributed by atoms with Gasteiger partial charge in [-0.25, -0.2) is 12.8 Å². The lowest BCUT2D eigenvalue weighted by Gasteiger charge is -2.34. The highest BCUT2D eigenvalue weighted by Gasteiger charge is 2.34. The van der Waals surface area contributed by atoms with E-state index in [1.807, 2.05) is 30.3 Å². The number of sulfonamides is 1. The van der Waals surface area contributed by atoms with Gasteiger partial charge in [0.15, 0.2) is 0 Å². The van der Waals surface area contributed by atoms with Crippen LogP contribution in [0.2, 0.25) is 0 Å². The monoisotopic (exact) mass is 581 g/mol. The second kappa shape index (κ2) is 13.6. The van der Waals surface area contributed by atoms with Crippen LogP contribution in [0.25, 0.3) is 0 Å². The van der Waals surface area contributed by atoms with E-state index >= 15 is 0 Å². The zero-order valence-electron chi connectivity index (χ0n) is 23.3. The van der Waals surface area contributed by atoms with Gasteiger partial charge in [0.05, 0.1) is 19.1 Å². The van der Waals surface area contributed by atoms with E-state index in [2.05, 4.69) is 5.32 Å². The maximum absolute atomic E-state index is 14.1. The number of carbonyl (C=O) groups excluding carboxylic acids is 2. The minimum Gasteiger partial charge on any atom is -0.497 e. The van der Waals surface area contributed by atoms with Crippen molar-refractivity contribution in [1.29, 1.82) is 0 Å². The average Bonchev–Trinajstić information content (AvgIpc) is 3.47. The summed E-state index contributed by atoms with van der Waals surface area (Å²) in [6, 6.07) is 20.5. The number of ether oxygens (including phenoxy) is 1. The molecule has 3 aromatic carbocycles. The van der Waals surface area contributed by atoms with Crippen molar-refractivity contribution in [2.24, 2.45) is 0 Å². The summed E-state index contributed by atoms with van der Waals surface area (Å²) >= 11 is 0. The summed E-state index contributed by atoms with van der Waals surface area (Å²) < 4.78 is 45.6. The molecule has 1 aliphatic carbocycles. The number of anilines is 1. The first-order valence-electron chi connectivity index (χ1n) is 13.6. The number of rotatable bonds is 12. The molecular formula is C31H36FN3O5S. The molecule has 8 nitrogen and oxygen atoms in total. The number of methoxy groups -OCH3 is 1. The number of hydrogen-bond donors (Lipinski definition) is 1. The highest BCUT2D eigenvalue weighted by molar-refractivity contribution is 7.92. The molecule has 4 rings (SSSR count). The minimum absolute atomic E-state index is 0.00504. The smallest absolute Gasteiger partial charge is 0.244 e. The van der Waals surface area contributed by atoms with Crippen LogP contribution in [0.1, 0.15) is 36.8 Å². The lowest BCUT2D eigenvalue weighted by Crippen LogP contribution is -2.54. The molecular weight excluding hydrogens is 545 g/mol. The van der Waals surface area contributed by atoms with Gasteiger partial charge < -0.3 is 15.0 Å². The summed E-state index contributed by atoms with van der Waals surface area (Å²) in [7, 11) is -2.37. The standard InChI is InChI=1S/C31H36FN3O5S/c1-40-28-18-16-27(17-19-28)35(41(2,38)39)22-30(36)34(21-24-12-14-25(32)15-13-24)29(20-23-8-4-3-5-9-23)31(37)33-26-10-6-7-11-26/h3-5,8-9,12-19,26,29H,6-7,10-11,20-22H2,1-2H3,(H,33,37). The Morgan fingerprint density at radius 2 is 1.59 bits per heavy atom. The van der Waals surface area contributed by atoms with Gasteiger partial charge in [0.1, 0.15) is 24.2 Å². The Hall–Kier alpha value is -3.92. The topological polar surface area (TPSA) is 96.0 Å². The molecule has 1 aliphatic rings. The van der Waals surface area contributed by atoms with Gasteiger partial charge >= 0.3 is 0 Å². The summed E-state index contributed by atoms with van der Waals surface area (Å²) in [6.45, 7) is -0.525. The summed E-state index contributed by atoms with van der Waals surface area (Å²) in [6.07, 6.45) is 5.05. The summed E-state index contributed by atoms with van der Waals surface area (Å²) in [5, 5.41) is 3.12. The quantitative estimate of drug-likeness (QED) is 0.344. The van der Waals surface area contributed by atoms with E-state index in [0.29, 0.717) is 17.0 Å². The lowest BCUT2D eigenvalue weighted by atomic mass is 10.0. The van der Waals surface area contributed by atoms with Crippen molar-refractivity contribution in [1.82, 2.24) is 10.2 Å². The van der Waals surface area contributed by atoms with Crippen LogP contribution in [0.15, 0.2) is 78.9 Å². The number of hydrogen-bond acceptors (Lipinski definition) is 5. The van der Waals surface area contributed by atoms with E-state index in [1.165, 1.54) is 24.1 Å². The van der Waals surface area contributed by atoms with Gasteiger partial charge in [0, 0.05) is 19.0 Å². The highest BCUT2D eigenvalue weighted by Crippen LogP contribution is 2.24. The van der Waals surface area contributed by atoms with Gasteiger partial charge in [-0.05, 0) is 60.4 Å². The zero-order valence-corrected chi connectivity index (χ0v) is 24.1. The molecule has 0 radical (unpaired) electrons. The first-order valence-corrected chi connectivity index (χ1v) is 15.5. The predicted molar refractivity (Wildman–Crippen MR) is 156 cm³/mol. The molecule has 1 atom stereocenters. The lowest BCUT2D eigenvalue weighted by molar-refractivity contribution is -0.140. The Kier molecular flexibility index (Phi) is 9.99. The fourth-order valence-corrected chi connectivity index (χ4v) is 5.92. The molecule has 1 N–H and O–H groups in total. The number of amides is 2. The molecule has 1 fully saturated rings. The molecule has 218 valence electrons. The van der Waals surface area contributed by atoms with Crippen molar-refractivity contribution in [2.45, 2.75) is 50.7 Å². The van der Waals surface area contributed by atoms with E-state index in [0.717, 1.165) is 41.8 Å². The first kappa shape index (κ1) is 30.0. The van der Waals surface area contributed by atoms with Crippen molar-refractivity contribution in [3.05, 3.63) is 95.8 Å². The summed E-state index contributed by atoms with van der Waals surface area (Å²) in [5.74, 6) is -0.739. The van der Waals surface area contributed by atoms with Crippen LogP contribution in [0.3, 0.4) is 0 Å². The Balaban J connectivity index is 1.71. The van der Waals surface area contributed by atoms with Crippen LogP contribution in [-0.2, 0) is 32.6 Å². The van der Waals surface area contributed by atoms with E-state index in [-0.39, 0.29) is 24.9 Å². The third-order valence-electron chi connectivity index (χ3n) is 7.28. The van der Waals surface area contributed by atoms with Crippen molar-refractivity contribution >= 4 is 27.5 Å². The fraction of sp³-hybridized carbons (Fsp3) is 0.355. The van der Waals surface area contributed by atoms with Gasteiger partial charge in [0.2, 0.25) is 21.8 Å². The van der Waals surface area contributed by atoms with Crippen LogP contribution in [0, 0.1) is 5.82 Å². The van der Waals surface area contributed by atoms with E-state index in [4.69, 9.17) is 4.74 Å². The molecule has 10 heteroatoms. The maximum Gasteiger partial charge on any atom is 0.244 e. The largest absolute Gasteiger partial charge is 0.497 e. The zero-order chi connectivity index (χ0) is 29.4. The third kappa shape index (κ3) is 8.29. The highest BCUT2D eigenvalue weighted by atomic mass is 32.2. The average molecular weight is 582 g/mol. The van der Waals surface area contributed by atoms with Gasteiger partial charge in [0.25, 0.3) is 0 Å². The first-order chi connectivity index (χ1) is 19.6. The second-order valence-corrected chi connectivity index (χ2v) is 12.2. The molecule has 0 saturated heterocycles. The van der Waals surface area contributed by atoms with Crippen molar-refractivity contribution in [3.63, 3.8) is 0 Å². The molecule has 41 heavy (non-hydrogen) atoms. The van der Waals surface area contributed by atoms with Crippen LogP contribution in [0.5, 0.6) is 5.75 Å². The second-order valence-electron chi connectivity index (χ2n) is 10.3. The number of nitrogens with zero attached hydrogens (tertiary/aromatic N) is 2. The number of carbonyl (C=O) groups is 2. The minimum atomic E-state index is -3.87. The summed E-state index contributed by atoms with van der Waals surface area (Å²) in [4.78, 5) is 29.3. The van der Waals surface area contributed by atoms with Gasteiger partial charge in [-0.2, -0.15) is 0 Å². The molecule has 3 aromatic rings. The van der Waals surface area contributed by atoms with Crippen LogP contribution < -0.4 is 14.4 Å². The summed E-state index contributed by atoms with van der Waals surface area (Å²) in [5.41, 5.74) is 1.76. The van der Waals surface area contributed by atoms with E-state index < -0.39 is 34.3 Å². The Morgan fingerprint density at radius 1 is 0.951 bits per heavy atom. The van der Waals surface area contributed by atoms with Crippen molar-refractivity contribution in [2.75, 3.05) is 24.2 Å². The molecule has 0 bridgehead atoms.